The van der Waals surface area contributed by atoms with Crippen molar-refractivity contribution in [2.45, 2.75) is 50.5 Å². The van der Waals surface area contributed by atoms with Crippen molar-refractivity contribution in [1.29, 1.82) is 0 Å². The molecule has 3 atom stereocenters. The summed E-state index contributed by atoms with van der Waals surface area (Å²) in [5.41, 5.74) is 0.792. The van der Waals surface area contributed by atoms with Crippen molar-refractivity contribution < 1.29 is 5.11 Å². The van der Waals surface area contributed by atoms with E-state index in [1.807, 2.05) is 6.08 Å². The molecule has 0 heterocycles. The third kappa shape index (κ3) is 2.44. The zero-order valence-corrected chi connectivity index (χ0v) is 10.1. The lowest BCUT2D eigenvalue weighted by atomic mass is 10.0. The summed E-state index contributed by atoms with van der Waals surface area (Å²) in [7, 11) is -1.07. The topological polar surface area (TPSA) is 20.2 Å². The van der Waals surface area contributed by atoms with Crippen molar-refractivity contribution in [1.82, 2.24) is 0 Å². The predicted octanol–water partition coefficient (Wildman–Crippen LogP) is 3.04. The summed E-state index contributed by atoms with van der Waals surface area (Å²) in [4.78, 5) is 0. The van der Waals surface area contributed by atoms with Crippen molar-refractivity contribution in [2.75, 3.05) is 0 Å². The maximum atomic E-state index is 9.83. The molecule has 1 aliphatic carbocycles. The van der Waals surface area contributed by atoms with Crippen LogP contribution in [0, 0.1) is 5.92 Å². The first-order valence-electron chi connectivity index (χ1n) is 5.25. The van der Waals surface area contributed by atoms with Gasteiger partial charge >= 0.3 is 0 Å². The monoisotopic (exact) mass is 198 g/mol. The van der Waals surface area contributed by atoms with E-state index in [1.54, 1.807) is 0 Å². The molecule has 1 saturated carbocycles. The lowest BCUT2D eigenvalue weighted by Gasteiger charge is -2.31. The molecule has 13 heavy (non-hydrogen) atoms. The lowest BCUT2D eigenvalue weighted by Crippen LogP contribution is -2.32. The van der Waals surface area contributed by atoms with Gasteiger partial charge in [-0.3, -0.25) is 0 Å². The minimum absolute atomic E-state index is 0.0604. The standard InChI is InChI=1S/C11H22OSi/c1-5-6-9-10(12)7-8-11(9)13(2,3)4/h5,9-12H,1,6-8H2,2-4H3/t9-,10-,11-/m1/s1. The summed E-state index contributed by atoms with van der Waals surface area (Å²) < 4.78 is 0. The fourth-order valence-corrected chi connectivity index (χ4v) is 5.31. The Morgan fingerprint density at radius 2 is 2.00 bits per heavy atom. The van der Waals surface area contributed by atoms with Gasteiger partial charge in [0.25, 0.3) is 0 Å². The normalized spacial score (nSPS) is 34.9. The van der Waals surface area contributed by atoms with E-state index < -0.39 is 8.07 Å². The summed E-state index contributed by atoms with van der Waals surface area (Å²) >= 11 is 0. The van der Waals surface area contributed by atoms with Gasteiger partial charge in [-0.15, -0.1) is 6.58 Å². The van der Waals surface area contributed by atoms with E-state index in [0.29, 0.717) is 5.92 Å². The number of rotatable bonds is 3. The Labute approximate surface area is 82.9 Å². The van der Waals surface area contributed by atoms with Crippen molar-refractivity contribution >= 4 is 8.07 Å². The van der Waals surface area contributed by atoms with Gasteiger partial charge in [-0.05, 0) is 24.3 Å². The molecule has 1 rings (SSSR count). The fourth-order valence-electron chi connectivity index (χ4n) is 2.64. The summed E-state index contributed by atoms with van der Waals surface area (Å²) in [6, 6.07) is 0. The van der Waals surface area contributed by atoms with Gasteiger partial charge < -0.3 is 5.11 Å². The lowest BCUT2D eigenvalue weighted by molar-refractivity contribution is 0.133. The second kappa shape index (κ2) is 3.97. The molecule has 0 aromatic heterocycles. The number of hydrogen-bond acceptors (Lipinski definition) is 1. The van der Waals surface area contributed by atoms with Crippen LogP contribution in [0.25, 0.3) is 0 Å². The Morgan fingerprint density at radius 1 is 1.38 bits per heavy atom. The Hall–Kier alpha value is -0.0831. The van der Waals surface area contributed by atoms with Crippen LogP contribution >= 0.6 is 0 Å². The molecular formula is C11H22OSi. The highest BCUT2D eigenvalue weighted by molar-refractivity contribution is 6.77. The number of aliphatic hydroxyl groups excluding tert-OH is 1. The van der Waals surface area contributed by atoms with Crippen LogP contribution < -0.4 is 0 Å². The highest BCUT2D eigenvalue weighted by Gasteiger charge is 2.41. The molecule has 0 radical (unpaired) electrons. The molecule has 1 N–H and O–H groups in total. The second-order valence-corrected chi connectivity index (χ2v) is 10.8. The molecule has 0 amide bonds. The minimum Gasteiger partial charge on any atom is -0.393 e. The van der Waals surface area contributed by atoms with Crippen LogP contribution in [-0.2, 0) is 0 Å². The van der Waals surface area contributed by atoms with Gasteiger partial charge in [0.15, 0.2) is 0 Å². The van der Waals surface area contributed by atoms with Crippen molar-refractivity contribution in [2.24, 2.45) is 5.92 Å². The van der Waals surface area contributed by atoms with Crippen LogP contribution in [0.1, 0.15) is 19.3 Å². The van der Waals surface area contributed by atoms with E-state index in [1.165, 1.54) is 6.42 Å². The van der Waals surface area contributed by atoms with Gasteiger partial charge in [0.2, 0.25) is 0 Å². The molecule has 1 aliphatic rings. The molecule has 0 aromatic carbocycles. The average molecular weight is 198 g/mol. The van der Waals surface area contributed by atoms with Gasteiger partial charge in [0, 0.05) is 8.07 Å². The van der Waals surface area contributed by atoms with Crippen LogP contribution in [0.15, 0.2) is 12.7 Å². The number of aliphatic hydroxyl groups is 1. The number of allylic oxidation sites excluding steroid dienone is 1. The smallest absolute Gasteiger partial charge is 0.0571 e. The van der Waals surface area contributed by atoms with E-state index in [9.17, 15) is 5.11 Å². The van der Waals surface area contributed by atoms with Crippen LogP contribution in [0.3, 0.4) is 0 Å². The molecular weight excluding hydrogens is 176 g/mol. The van der Waals surface area contributed by atoms with Crippen molar-refractivity contribution in [3.63, 3.8) is 0 Å². The summed E-state index contributed by atoms with van der Waals surface area (Å²) in [6.07, 6.45) is 5.14. The van der Waals surface area contributed by atoms with Crippen LogP contribution in [-0.4, -0.2) is 19.3 Å². The molecule has 0 aliphatic heterocycles. The third-order valence-corrected chi connectivity index (χ3v) is 6.28. The molecule has 1 nitrogen and oxygen atoms in total. The van der Waals surface area contributed by atoms with E-state index in [-0.39, 0.29) is 6.10 Å². The Kier molecular flexibility index (Phi) is 3.36. The maximum absolute atomic E-state index is 9.83. The molecule has 0 aromatic rings. The highest BCUT2D eigenvalue weighted by Crippen LogP contribution is 2.45. The van der Waals surface area contributed by atoms with Crippen LogP contribution in [0.2, 0.25) is 25.2 Å². The predicted molar refractivity (Wildman–Crippen MR) is 60.6 cm³/mol. The molecule has 0 spiro atoms. The zero-order chi connectivity index (χ0) is 10.1. The first kappa shape index (κ1) is 11.0. The Morgan fingerprint density at radius 3 is 2.46 bits per heavy atom. The van der Waals surface area contributed by atoms with E-state index in [2.05, 4.69) is 26.2 Å². The van der Waals surface area contributed by atoms with Crippen molar-refractivity contribution in [3.8, 4) is 0 Å². The van der Waals surface area contributed by atoms with E-state index in [0.717, 1.165) is 18.4 Å². The van der Waals surface area contributed by atoms with E-state index in [4.69, 9.17) is 0 Å². The zero-order valence-electron chi connectivity index (χ0n) is 9.09. The van der Waals surface area contributed by atoms with Crippen molar-refractivity contribution in [3.05, 3.63) is 12.7 Å². The largest absolute Gasteiger partial charge is 0.393 e. The van der Waals surface area contributed by atoms with Gasteiger partial charge in [-0.2, -0.15) is 0 Å². The van der Waals surface area contributed by atoms with Crippen LogP contribution in [0.5, 0.6) is 0 Å². The molecule has 0 saturated heterocycles. The van der Waals surface area contributed by atoms with E-state index >= 15 is 0 Å². The summed E-state index contributed by atoms with van der Waals surface area (Å²) in [5.74, 6) is 0.504. The Bertz CT molecular complexity index is 183. The quantitative estimate of drug-likeness (QED) is 0.546. The average Bonchev–Trinajstić information content (AvgIpc) is 2.32. The summed E-state index contributed by atoms with van der Waals surface area (Å²) in [5, 5.41) is 9.83. The molecule has 2 heteroatoms. The van der Waals surface area contributed by atoms with Gasteiger partial charge in [0.05, 0.1) is 6.10 Å². The Balaban J connectivity index is 2.69. The van der Waals surface area contributed by atoms with Gasteiger partial charge in [0.1, 0.15) is 0 Å². The van der Waals surface area contributed by atoms with Gasteiger partial charge in [-0.25, -0.2) is 0 Å². The first-order chi connectivity index (χ1) is 5.96. The molecule has 1 fully saturated rings. The molecule has 0 bridgehead atoms. The SMILES string of the molecule is C=CC[C@@H]1[C@H](O)CC[C@H]1[Si](C)(C)C. The van der Waals surface area contributed by atoms with Gasteiger partial charge in [-0.1, -0.05) is 32.1 Å². The maximum Gasteiger partial charge on any atom is 0.0571 e. The third-order valence-electron chi connectivity index (χ3n) is 3.34. The summed E-state index contributed by atoms with van der Waals surface area (Å²) in [6.45, 7) is 11.0. The highest BCUT2D eigenvalue weighted by atomic mass is 28.3. The molecule has 76 valence electrons. The number of hydrogen-bond donors (Lipinski definition) is 1. The van der Waals surface area contributed by atoms with Crippen LogP contribution in [0.4, 0.5) is 0 Å². The second-order valence-electron chi connectivity index (χ2n) is 5.31. The minimum atomic E-state index is -1.07. The fraction of sp³-hybridized carbons (Fsp3) is 0.818. The molecule has 0 unspecified atom stereocenters. The first-order valence-corrected chi connectivity index (χ1v) is 8.83.